The van der Waals surface area contributed by atoms with E-state index in [0.29, 0.717) is 13.0 Å². The van der Waals surface area contributed by atoms with Crippen LogP contribution in [0.25, 0.3) is 0 Å². The van der Waals surface area contributed by atoms with Gasteiger partial charge >= 0.3 is 0 Å². The minimum atomic E-state index is -1.04. The Morgan fingerprint density at radius 2 is 1.79 bits per heavy atom. The van der Waals surface area contributed by atoms with E-state index in [0.717, 1.165) is 6.42 Å². The third-order valence-electron chi connectivity index (χ3n) is 6.13. The Balaban J connectivity index is 2.16. The molecule has 1 aliphatic heterocycles. The number of ether oxygens (including phenoxy) is 1. The minimum absolute atomic E-state index is 0.0553. The third-order valence-corrected chi connectivity index (χ3v) is 6.13. The second-order valence-corrected chi connectivity index (χ2v) is 8.04. The van der Waals surface area contributed by atoms with Crippen molar-refractivity contribution < 1.29 is 20.1 Å². The van der Waals surface area contributed by atoms with Crippen LogP contribution in [0.5, 0.6) is 0 Å². The molecular formula is C15H26O4. The van der Waals surface area contributed by atoms with E-state index >= 15 is 0 Å². The van der Waals surface area contributed by atoms with Gasteiger partial charge in [-0.15, -0.1) is 0 Å². The van der Waals surface area contributed by atoms with Crippen LogP contribution in [0.3, 0.4) is 0 Å². The number of hydrogen-bond acceptors (Lipinski definition) is 4. The van der Waals surface area contributed by atoms with E-state index in [1.165, 1.54) is 0 Å². The van der Waals surface area contributed by atoms with Crippen LogP contribution in [-0.2, 0) is 4.74 Å². The van der Waals surface area contributed by atoms with Crippen molar-refractivity contribution in [3.8, 4) is 0 Å². The van der Waals surface area contributed by atoms with Crippen molar-refractivity contribution in [3.63, 3.8) is 0 Å². The summed E-state index contributed by atoms with van der Waals surface area (Å²) < 4.78 is 5.56. The average Bonchev–Trinajstić information content (AvgIpc) is 2.38. The van der Waals surface area contributed by atoms with Crippen molar-refractivity contribution in [3.05, 3.63) is 0 Å². The van der Waals surface area contributed by atoms with Crippen molar-refractivity contribution in [2.75, 3.05) is 6.61 Å². The van der Waals surface area contributed by atoms with Crippen LogP contribution in [0, 0.1) is 28.6 Å². The van der Waals surface area contributed by atoms with Gasteiger partial charge in [0.05, 0.1) is 18.3 Å². The normalized spacial score (nSPS) is 59.8. The van der Waals surface area contributed by atoms with Crippen LogP contribution in [-0.4, -0.2) is 39.9 Å². The molecule has 0 radical (unpaired) electrons. The first-order chi connectivity index (χ1) is 8.63. The molecule has 7 unspecified atom stereocenters. The Morgan fingerprint density at radius 3 is 2.42 bits per heavy atom. The SMILES string of the molecule is CC1CC(O)C2C(C)(C)CC3(C)COC(O)C1C23O. The molecule has 19 heavy (non-hydrogen) atoms. The lowest BCUT2D eigenvalue weighted by Gasteiger charge is -2.59. The Kier molecular flexibility index (Phi) is 2.71. The molecule has 2 saturated carbocycles. The molecule has 3 fully saturated rings. The molecule has 0 aromatic carbocycles. The molecule has 1 heterocycles. The predicted molar refractivity (Wildman–Crippen MR) is 70.2 cm³/mol. The summed E-state index contributed by atoms with van der Waals surface area (Å²) in [5.41, 5.74) is -1.57. The van der Waals surface area contributed by atoms with Gasteiger partial charge in [-0.2, -0.15) is 0 Å². The van der Waals surface area contributed by atoms with Crippen molar-refractivity contribution in [1.29, 1.82) is 0 Å². The van der Waals surface area contributed by atoms with Crippen molar-refractivity contribution >= 4 is 0 Å². The molecular weight excluding hydrogens is 244 g/mol. The van der Waals surface area contributed by atoms with Crippen LogP contribution in [0.2, 0.25) is 0 Å². The van der Waals surface area contributed by atoms with Gasteiger partial charge in [0.1, 0.15) is 0 Å². The van der Waals surface area contributed by atoms with E-state index in [4.69, 9.17) is 4.74 Å². The highest BCUT2D eigenvalue weighted by Gasteiger charge is 2.73. The minimum Gasteiger partial charge on any atom is -0.393 e. The number of aliphatic hydroxyl groups excluding tert-OH is 2. The second kappa shape index (κ2) is 3.73. The maximum atomic E-state index is 11.5. The van der Waals surface area contributed by atoms with Crippen LogP contribution in [0.4, 0.5) is 0 Å². The Hall–Kier alpha value is -0.160. The molecule has 0 aromatic rings. The summed E-state index contributed by atoms with van der Waals surface area (Å²) in [5.74, 6) is -0.439. The molecule has 7 atom stereocenters. The molecule has 2 aliphatic carbocycles. The fourth-order valence-electron chi connectivity index (χ4n) is 5.79. The van der Waals surface area contributed by atoms with Gasteiger partial charge in [0.2, 0.25) is 0 Å². The maximum Gasteiger partial charge on any atom is 0.160 e. The lowest BCUT2D eigenvalue weighted by molar-refractivity contribution is -0.317. The highest BCUT2D eigenvalue weighted by Crippen LogP contribution is 2.68. The van der Waals surface area contributed by atoms with E-state index in [1.54, 1.807) is 0 Å². The van der Waals surface area contributed by atoms with Gasteiger partial charge in [-0.1, -0.05) is 27.7 Å². The van der Waals surface area contributed by atoms with E-state index in [1.807, 2.05) is 13.8 Å². The monoisotopic (exact) mass is 270 g/mol. The lowest BCUT2D eigenvalue weighted by atomic mass is 9.54. The van der Waals surface area contributed by atoms with Gasteiger partial charge in [-0.05, 0) is 24.2 Å². The molecule has 0 bridgehead atoms. The highest BCUT2D eigenvalue weighted by atomic mass is 16.6. The predicted octanol–water partition coefficient (Wildman–Crippen LogP) is 1.14. The Labute approximate surface area is 114 Å². The van der Waals surface area contributed by atoms with Gasteiger partial charge in [-0.3, -0.25) is 0 Å². The molecule has 4 nitrogen and oxygen atoms in total. The zero-order valence-electron chi connectivity index (χ0n) is 12.3. The molecule has 0 aromatic heterocycles. The van der Waals surface area contributed by atoms with Crippen LogP contribution < -0.4 is 0 Å². The Morgan fingerprint density at radius 1 is 1.16 bits per heavy atom. The first-order valence-electron chi connectivity index (χ1n) is 7.33. The van der Waals surface area contributed by atoms with Crippen molar-refractivity contribution in [1.82, 2.24) is 0 Å². The Bertz CT molecular complexity index is 396. The summed E-state index contributed by atoms with van der Waals surface area (Å²) in [5, 5.41) is 32.2. The quantitative estimate of drug-likeness (QED) is 0.617. The summed E-state index contributed by atoms with van der Waals surface area (Å²) in [4.78, 5) is 0. The van der Waals surface area contributed by atoms with Crippen LogP contribution in [0.15, 0.2) is 0 Å². The molecule has 4 heteroatoms. The molecule has 0 amide bonds. The summed E-state index contributed by atoms with van der Waals surface area (Å²) in [6.07, 6.45) is 0.0153. The standard InChI is InChI=1S/C15H26O4/c1-8-5-9(16)11-13(2,3)6-14(4)7-19-12(17)10(8)15(11,14)18/h8-12,16-18H,5-7H2,1-4H3. The zero-order chi connectivity index (χ0) is 14.2. The van der Waals surface area contributed by atoms with Crippen molar-refractivity contribution in [2.24, 2.45) is 28.6 Å². The third kappa shape index (κ3) is 1.49. The van der Waals surface area contributed by atoms with E-state index in [-0.39, 0.29) is 28.6 Å². The summed E-state index contributed by atoms with van der Waals surface area (Å²) in [7, 11) is 0. The van der Waals surface area contributed by atoms with E-state index in [9.17, 15) is 15.3 Å². The van der Waals surface area contributed by atoms with Crippen molar-refractivity contribution in [2.45, 2.75) is 58.5 Å². The first kappa shape index (κ1) is 13.8. The molecule has 1 saturated heterocycles. The zero-order valence-corrected chi connectivity index (χ0v) is 12.3. The molecule has 3 aliphatic rings. The van der Waals surface area contributed by atoms with Gasteiger partial charge in [0.15, 0.2) is 6.29 Å². The average molecular weight is 270 g/mol. The summed E-state index contributed by atoms with van der Waals surface area (Å²) >= 11 is 0. The lowest BCUT2D eigenvalue weighted by Crippen LogP contribution is -2.68. The van der Waals surface area contributed by atoms with Gasteiger partial charge < -0.3 is 20.1 Å². The second-order valence-electron chi connectivity index (χ2n) is 8.04. The highest BCUT2D eigenvalue weighted by molar-refractivity contribution is 5.21. The molecule has 110 valence electrons. The molecule has 3 rings (SSSR count). The smallest absolute Gasteiger partial charge is 0.160 e. The summed E-state index contributed by atoms with van der Waals surface area (Å²) in [6, 6.07) is 0. The first-order valence-corrected chi connectivity index (χ1v) is 7.33. The number of rotatable bonds is 0. The van der Waals surface area contributed by atoms with Crippen LogP contribution >= 0.6 is 0 Å². The molecule has 3 N–H and O–H groups in total. The van der Waals surface area contributed by atoms with Gasteiger partial charge in [0.25, 0.3) is 0 Å². The molecule has 0 spiro atoms. The number of aliphatic hydroxyl groups is 3. The fourth-order valence-corrected chi connectivity index (χ4v) is 5.79. The fraction of sp³-hybridized carbons (Fsp3) is 1.00. The van der Waals surface area contributed by atoms with Gasteiger partial charge in [-0.25, -0.2) is 0 Å². The topological polar surface area (TPSA) is 69.9 Å². The van der Waals surface area contributed by atoms with Gasteiger partial charge in [0, 0.05) is 17.3 Å². The maximum absolute atomic E-state index is 11.5. The van der Waals surface area contributed by atoms with E-state index in [2.05, 4.69) is 13.8 Å². The number of hydrogen-bond donors (Lipinski definition) is 3. The van der Waals surface area contributed by atoms with E-state index < -0.39 is 18.0 Å². The summed E-state index contributed by atoms with van der Waals surface area (Å²) in [6.45, 7) is 8.62. The largest absolute Gasteiger partial charge is 0.393 e. The van der Waals surface area contributed by atoms with Crippen LogP contribution in [0.1, 0.15) is 40.5 Å².